The van der Waals surface area contributed by atoms with Crippen LogP contribution < -0.4 is 4.74 Å². The highest BCUT2D eigenvalue weighted by atomic mass is 35.5. The summed E-state index contributed by atoms with van der Waals surface area (Å²) in [5.41, 5.74) is 0.701. The van der Waals surface area contributed by atoms with E-state index in [9.17, 15) is 10.1 Å². The zero-order valence-electron chi connectivity index (χ0n) is 9.68. The number of nitrogens with zero attached hydrogens (tertiary/aromatic N) is 1. The number of non-ortho nitro benzene ring substituents is 1. The van der Waals surface area contributed by atoms with Crippen LogP contribution in [0.4, 0.5) is 5.69 Å². The standard InChI is InChI=1S/C13H9Cl2NO3/c14-12-2-1-3-13(15)11(12)8-19-10-6-4-9(5-7-10)16(17)18/h1-7H,8H2. The predicted molar refractivity (Wildman–Crippen MR) is 73.9 cm³/mol. The van der Waals surface area contributed by atoms with Crippen LogP contribution in [-0.2, 0) is 6.61 Å². The highest BCUT2D eigenvalue weighted by Gasteiger charge is 2.08. The lowest BCUT2D eigenvalue weighted by molar-refractivity contribution is -0.384. The van der Waals surface area contributed by atoms with Crippen LogP contribution in [0.5, 0.6) is 5.75 Å². The van der Waals surface area contributed by atoms with Crippen LogP contribution in [0, 0.1) is 10.1 Å². The summed E-state index contributed by atoms with van der Waals surface area (Å²) in [6, 6.07) is 11.0. The Morgan fingerprint density at radius 3 is 2.16 bits per heavy atom. The Hall–Kier alpha value is -1.78. The molecule has 0 radical (unpaired) electrons. The van der Waals surface area contributed by atoms with Gasteiger partial charge in [0.15, 0.2) is 0 Å². The fourth-order valence-corrected chi connectivity index (χ4v) is 2.00. The van der Waals surface area contributed by atoms with Crippen molar-refractivity contribution in [3.05, 3.63) is 68.2 Å². The minimum Gasteiger partial charge on any atom is -0.489 e. The van der Waals surface area contributed by atoms with Crippen molar-refractivity contribution >= 4 is 28.9 Å². The average molecular weight is 298 g/mol. The summed E-state index contributed by atoms with van der Waals surface area (Å²) in [4.78, 5) is 10.0. The molecule has 2 aromatic rings. The van der Waals surface area contributed by atoms with Gasteiger partial charge in [-0.25, -0.2) is 0 Å². The molecular formula is C13H9Cl2NO3. The molecule has 19 heavy (non-hydrogen) atoms. The Balaban J connectivity index is 2.08. The molecule has 6 heteroatoms. The van der Waals surface area contributed by atoms with Crippen molar-refractivity contribution in [3.63, 3.8) is 0 Å². The zero-order chi connectivity index (χ0) is 13.8. The summed E-state index contributed by atoms with van der Waals surface area (Å²) in [5.74, 6) is 0.515. The van der Waals surface area contributed by atoms with E-state index in [0.717, 1.165) is 0 Å². The molecule has 0 atom stereocenters. The van der Waals surface area contributed by atoms with Gasteiger partial charge < -0.3 is 4.74 Å². The monoisotopic (exact) mass is 297 g/mol. The average Bonchev–Trinajstić information content (AvgIpc) is 2.38. The van der Waals surface area contributed by atoms with E-state index in [-0.39, 0.29) is 12.3 Å². The molecule has 0 unspecified atom stereocenters. The molecule has 2 rings (SSSR count). The molecule has 0 heterocycles. The number of nitro benzene ring substituents is 1. The van der Waals surface area contributed by atoms with Crippen molar-refractivity contribution in [2.24, 2.45) is 0 Å². The molecule has 0 fully saturated rings. The Morgan fingerprint density at radius 1 is 1.05 bits per heavy atom. The molecule has 0 spiro atoms. The molecular weight excluding hydrogens is 289 g/mol. The molecule has 0 aliphatic heterocycles. The Bertz CT molecular complexity index is 579. The number of hydrogen-bond acceptors (Lipinski definition) is 3. The van der Waals surface area contributed by atoms with Gasteiger partial charge in [0, 0.05) is 27.7 Å². The number of benzene rings is 2. The van der Waals surface area contributed by atoms with Gasteiger partial charge in [-0.2, -0.15) is 0 Å². The predicted octanol–water partition coefficient (Wildman–Crippen LogP) is 4.48. The van der Waals surface area contributed by atoms with Crippen molar-refractivity contribution < 1.29 is 9.66 Å². The van der Waals surface area contributed by atoms with Gasteiger partial charge in [-0.3, -0.25) is 10.1 Å². The third-order valence-corrected chi connectivity index (χ3v) is 3.20. The summed E-state index contributed by atoms with van der Waals surface area (Å²) in [5, 5.41) is 11.6. The van der Waals surface area contributed by atoms with E-state index in [1.54, 1.807) is 18.2 Å². The van der Waals surface area contributed by atoms with Gasteiger partial charge in [-0.05, 0) is 24.3 Å². The van der Waals surface area contributed by atoms with Crippen LogP contribution in [0.1, 0.15) is 5.56 Å². The van der Waals surface area contributed by atoms with Crippen LogP contribution in [-0.4, -0.2) is 4.92 Å². The highest BCUT2D eigenvalue weighted by molar-refractivity contribution is 6.35. The van der Waals surface area contributed by atoms with Gasteiger partial charge in [-0.1, -0.05) is 29.3 Å². The topological polar surface area (TPSA) is 52.4 Å². The molecule has 4 nitrogen and oxygen atoms in total. The molecule has 0 amide bonds. The molecule has 0 saturated carbocycles. The van der Waals surface area contributed by atoms with Crippen LogP contribution in [0.15, 0.2) is 42.5 Å². The number of nitro groups is 1. The summed E-state index contributed by atoms with van der Waals surface area (Å²) in [6.07, 6.45) is 0. The summed E-state index contributed by atoms with van der Waals surface area (Å²) >= 11 is 12.0. The first-order chi connectivity index (χ1) is 9.08. The van der Waals surface area contributed by atoms with Crippen molar-refractivity contribution in [1.82, 2.24) is 0 Å². The third-order valence-electron chi connectivity index (χ3n) is 2.49. The SMILES string of the molecule is O=[N+]([O-])c1ccc(OCc2c(Cl)cccc2Cl)cc1. The number of ether oxygens (including phenoxy) is 1. The molecule has 0 aliphatic rings. The Kier molecular flexibility index (Phi) is 4.24. The second kappa shape index (κ2) is 5.91. The maximum Gasteiger partial charge on any atom is 0.269 e. The molecule has 0 aliphatic carbocycles. The fraction of sp³-hybridized carbons (Fsp3) is 0.0769. The Labute approximate surface area is 119 Å². The van der Waals surface area contributed by atoms with Crippen LogP contribution in [0.2, 0.25) is 10.0 Å². The number of halogens is 2. The second-order valence-electron chi connectivity index (χ2n) is 3.74. The van der Waals surface area contributed by atoms with Gasteiger partial charge >= 0.3 is 0 Å². The van der Waals surface area contributed by atoms with Crippen LogP contribution in [0.3, 0.4) is 0 Å². The van der Waals surface area contributed by atoms with E-state index in [0.29, 0.717) is 21.4 Å². The lowest BCUT2D eigenvalue weighted by atomic mass is 10.2. The van der Waals surface area contributed by atoms with Crippen molar-refractivity contribution in [3.8, 4) is 5.75 Å². The molecule has 0 saturated heterocycles. The summed E-state index contributed by atoms with van der Waals surface area (Å²) < 4.78 is 5.50. The van der Waals surface area contributed by atoms with E-state index in [1.807, 2.05) is 0 Å². The van der Waals surface area contributed by atoms with E-state index >= 15 is 0 Å². The molecule has 0 N–H and O–H groups in total. The molecule has 0 bridgehead atoms. The van der Waals surface area contributed by atoms with Crippen molar-refractivity contribution in [2.45, 2.75) is 6.61 Å². The normalized spacial score (nSPS) is 10.2. The van der Waals surface area contributed by atoms with E-state index in [4.69, 9.17) is 27.9 Å². The maximum absolute atomic E-state index is 10.5. The summed E-state index contributed by atoms with van der Waals surface area (Å²) in [7, 11) is 0. The minimum atomic E-state index is -0.464. The molecule has 2 aromatic carbocycles. The lowest BCUT2D eigenvalue weighted by Gasteiger charge is -2.09. The first-order valence-electron chi connectivity index (χ1n) is 5.38. The number of hydrogen-bond donors (Lipinski definition) is 0. The first kappa shape index (κ1) is 13.6. The van der Waals surface area contributed by atoms with Gasteiger partial charge in [-0.15, -0.1) is 0 Å². The van der Waals surface area contributed by atoms with Gasteiger partial charge in [0.25, 0.3) is 5.69 Å². The largest absolute Gasteiger partial charge is 0.489 e. The fourth-order valence-electron chi connectivity index (χ4n) is 1.49. The molecule has 0 aromatic heterocycles. The highest BCUT2D eigenvalue weighted by Crippen LogP contribution is 2.26. The van der Waals surface area contributed by atoms with Gasteiger partial charge in [0.2, 0.25) is 0 Å². The lowest BCUT2D eigenvalue weighted by Crippen LogP contribution is -1.97. The van der Waals surface area contributed by atoms with E-state index in [1.165, 1.54) is 24.3 Å². The minimum absolute atomic E-state index is 0.0168. The first-order valence-corrected chi connectivity index (χ1v) is 6.13. The van der Waals surface area contributed by atoms with Crippen molar-refractivity contribution in [2.75, 3.05) is 0 Å². The van der Waals surface area contributed by atoms with Gasteiger partial charge in [0.1, 0.15) is 12.4 Å². The zero-order valence-corrected chi connectivity index (χ0v) is 11.2. The smallest absolute Gasteiger partial charge is 0.269 e. The van der Waals surface area contributed by atoms with Crippen LogP contribution in [0.25, 0.3) is 0 Å². The van der Waals surface area contributed by atoms with E-state index < -0.39 is 4.92 Å². The molecule has 98 valence electrons. The number of rotatable bonds is 4. The third kappa shape index (κ3) is 3.36. The quantitative estimate of drug-likeness (QED) is 0.617. The summed E-state index contributed by atoms with van der Waals surface area (Å²) in [6.45, 7) is 0.205. The van der Waals surface area contributed by atoms with Crippen molar-refractivity contribution in [1.29, 1.82) is 0 Å². The Morgan fingerprint density at radius 2 is 1.63 bits per heavy atom. The second-order valence-corrected chi connectivity index (χ2v) is 4.55. The van der Waals surface area contributed by atoms with E-state index in [2.05, 4.69) is 0 Å². The van der Waals surface area contributed by atoms with Gasteiger partial charge in [0.05, 0.1) is 4.92 Å². The van der Waals surface area contributed by atoms with Crippen LogP contribution >= 0.6 is 23.2 Å². The maximum atomic E-state index is 10.5.